The third kappa shape index (κ3) is 6.21. The second-order valence-electron chi connectivity index (χ2n) is 4.23. The smallest absolute Gasteiger partial charge is 0.411 e. The van der Waals surface area contributed by atoms with Crippen LogP contribution in [0.15, 0.2) is 18.2 Å². The highest BCUT2D eigenvalue weighted by molar-refractivity contribution is 5.29. The van der Waals surface area contributed by atoms with Gasteiger partial charge in [-0.3, -0.25) is 0 Å². The van der Waals surface area contributed by atoms with E-state index in [1.54, 1.807) is 0 Å². The van der Waals surface area contributed by atoms with E-state index in [-0.39, 0.29) is 30.9 Å². The quantitative estimate of drug-likeness (QED) is 0.620. The van der Waals surface area contributed by atoms with Crippen LogP contribution in [0.3, 0.4) is 0 Å². The van der Waals surface area contributed by atoms with Crippen LogP contribution in [0.2, 0.25) is 0 Å². The second-order valence-corrected chi connectivity index (χ2v) is 4.23. The van der Waals surface area contributed by atoms with Gasteiger partial charge in [-0.15, -0.1) is 0 Å². The minimum Gasteiger partial charge on any atom is -0.493 e. The Morgan fingerprint density at radius 2 is 1.95 bits per heavy atom. The van der Waals surface area contributed by atoms with E-state index in [0.29, 0.717) is 0 Å². The summed E-state index contributed by atoms with van der Waals surface area (Å²) in [5.74, 6) is -0.339. The molecular formula is C13H16F4O3. The molecule has 1 N–H and O–H groups in total. The molecule has 0 saturated carbocycles. The van der Waals surface area contributed by atoms with Gasteiger partial charge in [0.05, 0.1) is 19.3 Å². The number of aliphatic hydroxyl groups excluding tert-OH is 1. The molecule has 0 aliphatic rings. The van der Waals surface area contributed by atoms with Gasteiger partial charge in [-0.25, -0.2) is 4.39 Å². The summed E-state index contributed by atoms with van der Waals surface area (Å²) in [5.41, 5.74) is 0.158. The number of aliphatic hydroxyl groups is 1. The molecule has 0 aromatic heterocycles. The van der Waals surface area contributed by atoms with Crippen molar-refractivity contribution in [2.75, 3.05) is 19.8 Å². The third-order valence-electron chi connectivity index (χ3n) is 2.39. The second kappa shape index (κ2) is 7.44. The van der Waals surface area contributed by atoms with Gasteiger partial charge in [-0.2, -0.15) is 13.2 Å². The fourth-order valence-corrected chi connectivity index (χ4v) is 1.48. The van der Waals surface area contributed by atoms with Crippen LogP contribution in [-0.4, -0.2) is 31.1 Å². The highest BCUT2D eigenvalue weighted by Crippen LogP contribution is 2.21. The van der Waals surface area contributed by atoms with E-state index in [2.05, 4.69) is 4.74 Å². The normalized spacial score (nSPS) is 13.3. The molecule has 1 aromatic carbocycles. The molecule has 0 aliphatic carbocycles. The van der Waals surface area contributed by atoms with Crippen LogP contribution in [0.4, 0.5) is 17.6 Å². The van der Waals surface area contributed by atoms with Gasteiger partial charge in [0.1, 0.15) is 18.2 Å². The van der Waals surface area contributed by atoms with Gasteiger partial charge in [0.15, 0.2) is 0 Å². The molecule has 1 aromatic rings. The highest BCUT2D eigenvalue weighted by atomic mass is 19.4. The minimum absolute atomic E-state index is 0.0895. The lowest BCUT2D eigenvalue weighted by Gasteiger charge is -2.10. The average molecular weight is 296 g/mol. The first-order chi connectivity index (χ1) is 9.29. The Kier molecular flexibility index (Phi) is 6.22. The first-order valence-electron chi connectivity index (χ1n) is 6.04. The molecule has 0 amide bonds. The molecule has 0 fully saturated rings. The van der Waals surface area contributed by atoms with Crippen molar-refractivity contribution in [2.24, 2.45) is 0 Å². The van der Waals surface area contributed by atoms with E-state index in [1.807, 2.05) is 0 Å². The molecule has 1 atom stereocenters. The van der Waals surface area contributed by atoms with Crippen molar-refractivity contribution in [1.29, 1.82) is 0 Å². The van der Waals surface area contributed by atoms with Crippen molar-refractivity contribution in [2.45, 2.75) is 25.6 Å². The number of hydrogen-bond acceptors (Lipinski definition) is 3. The van der Waals surface area contributed by atoms with E-state index >= 15 is 0 Å². The SMILES string of the molecule is CC(O)c1ccc(OCCCOCC(F)(F)F)cc1F. The van der Waals surface area contributed by atoms with E-state index in [9.17, 15) is 22.7 Å². The van der Waals surface area contributed by atoms with Crippen molar-refractivity contribution in [3.05, 3.63) is 29.6 Å². The van der Waals surface area contributed by atoms with Crippen molar-refractivity contribution in [3.8, 4) is 5.75 Å². The molecule has 0 saturated heterocycles. The monoisotopic (exact) mass is 296 g/mol. The van der Waals surface area contributed by atoms with Gasteiger partial charge in [0.2, 0.25) is 0 Å². The number of ether oxygens (including phenoxy) is 2. The summed E-state index contributed by atoms with van der Waals surface area (Å²) in [6.45, 7) is 0.181. The maximum atomic E-state index is 13.5. The van der Waals surface area contributed by atoms with Crippen LogP contribution < -0.4 is 4.74 Å². The van der Waals surface area contributed by atoms with Crippen LogP contribution in [-0.2, 0) is 4.74 Å². The zero-order valence-corrected chi connectivity index (χ0v) is 10.9. The molecule has 1 rings (SSSR count). The van der Waals surface area contributed by atoms with Crippen molar-refractivity contribution in [3.63, 3.8) is 0 Å². The topological polar surface area (TPSA) is 38.7 Å². The zero-order chi connectivity index (χ0) is 15.2. The van der Waals surface area contributed by atoms with Crippen molar-refractivity contribution in [1.82, 2.24) is 0 Å². The summed E-state index contributed by atoms with van der Waals surface area (Å²) in [6, 6.07) is 4.01. The Bertz CT molecular complexity index is 419. The molecule has 7 heteroatoms. The largest absolute Gasteiger partial charge is 0.493 e. The summed E-state index contributed by atoms with van der Waals surface area (Å²) < 4.78 is 58.3. The van der Waals surface area contributed by atoms with Gasteiger partial charge < -0.3 is 14.6 Å². The lowest BCUT2D eigenvalue weighted by Crippen LogP contribution is -2.18. The van der Waals surface area contributed by atoms with Gasteiger partial charge in [0.25, 0.3) is 0 Å². The fraction of sp³-hybridized carbons (Fsp3) is 0.538. The molecule has 0 radical (unpaired) electrons. The van der Waals surface area contributed by atoms with Gasteiger partial charge in [-0.1, -0.05) is 0 Å². The third-order valence-corrected chi connectivity index (χ3v) is 2.39. The number of alkyl halides is 3. The lowest BCUT2D eigenvalue weighted by atomic mass is 10.1. The maximum Gasteiger partial charge on any atom is 0.411 e. The van der Waals surface area contributed by atoms with E-state index in [0.717, 1.165) is 6.07 Å². The molecule has 3 nitrogen and oxygen atoms in total. The lowest BCUT2D eigenvalue weighted by molar-refractivity contribution is -0.174. The zero-order valence-electron chi connectivity index (χ0n) is 10.9. The molecule has 1 unspecified atom stereocenters. The molecule has 0 bridgehead atoms. The predicted molar refractivity (Wildman–Crippen MR) is 64.0 cm³/mol. The van der Waals surface area contributed by atoms with Gasteiger partial charge in [0, 0.05) is 18.1 Å². The van der Waals surface area contributed by atoms with Crippen LogP contribution >= 0.6 is 0 Å². The maximum absolute atomic E-state index is 13.5. The van der Waals surface area contributed by atoms with Gasteiger partial charge in [-0.05, 0) is 19.1 Å². The fourth-order valence-electron chi connectivity index (χ4n) is 1.48. The van der Waals surface area contributed by atoms with Crippen LogP contribution in [0.25, 0.3) is 0 Å². The Balaban J connectivity index is 2.27. The summed E-state index contributed by atoms with van der Waals surface area (Å²) in [7, 11) is 0. The highest BCUT2D eigenvalue weighted by Gasteiger charge is 2.27. The number of hydrogen-bond donors (Lipinski definition) is 1. The number of benzene rings is 1. The number of halogens is 4. The van der Waals surface area contributed by atoms with Crippen LogP contribution in [0.1, 0.15) is 25.0 Å². The summed E-state index contributed by atoms with van der Waals surface area (Å²) in [5, 5.41) is 9.25. The van der Waals surface area contributed by atoms with Crippen LogP contribution in [0, 0.1) is 5.82 Å². The van der Waals surface area contributed by atoms with E-state index in [1.165, 1.54) is 19.1 Å². The Labute approximate surface area is 114 Å². The summed E-state index contributed by atoms with van der Waals surface area (Å²) in [4.78, 5) is 0. The Hall–Kier alpha value is -1.34. The minimum atomic E-state index is -4.33. The molecule has 20 heavy (non-hydrogen) atoms. The predicted octanol–water partition coefficient (Wildman–Crippen LogP) is 3.23. The standard InChI is InChI=1S/C13H16F4O3/c1-9(18)11-4-3-10(7-12(11)14)20-6-2-5-19-8-13(15,16)17/h3-4,7,9,18H,2,5-6,8H2,1H3. The van der Waals surface area contributed by atoms with Gasteiger partial charge >= 0.3 is 6.18 Å². The molecule has 0 aliphatic heterocycles. The molecular weight excluding hydrogens is 280 g/mol. The first-order valence-corrected chi connectivity index (χ1v) is 6.04. The van der Waals surface area contributed by atoms with E-state index in [4.69, 9.17) is 4.74 Å². The van der Waals surface area contributed by atoms with E-state index < -0.39 is 24.7 Å². The first kappa shape index (κ1) is 16.7. The Morgan fingerprint density at radius 3 is 2.50 bits per heavy atom. The summed E-state index contributed by atoms with van der Waals surface area (Å²) >= 11 is 0. The molecule has 0 heterocycles. The number of rotatable bonds is 7. The Morgan fingerprint density at radius 1 is 1.25 bits per heavy atom. The molecule has 114 valence electrons. The summed E-state index contributed by atoms with van der Waals surface area (Å²) in [6.07, 6.45) is -4.99. The van der Waals surface area contributed by atoms with Crippen molar-refractivity contribution >= 4 is 0 Å². The van der Waals surface area contributed by atoms with Crippen molar-refractivity contribution < 1.29 is 32.1 Å². The average Bonchev–Trinajstić information content (AvgIpc) is 2.32. The van der Waals surface area contributed by atoms with Crippen LogP contribution in [0.5, 0.6) is 5.75 Å². The molecule has 0 spiro atoms.